The fourth-order valence-electron chi connectivity index (χ4n) is 2.54. The summed E-state index contributed by atoms with van der Waals surface area (Å²) in [4.78, 5) is 4.11. The van der Waals surface area contributed by atoms with Gasteiger partial charge in [0.1, 0.15) is 0 Å². The van der Waals surface area contributed by atoms with Gasteiger partial charge in [-0.05, 0) is 42.9 Å². The zero-order chi connectivity index (χ0) is 16.2. The molecule has 6 nitrogen and oxygen atoms in total. The van der Waals surface area contributed by atoms with Gasteiger partial charge in [0.2, 0.25) is 10.0 Å². The van der Waals surface area contributed by atoms with E-state index in [4.69, 9.17) is 5.73 Å². The molecule has 0 saturated carbocycles. The van der Waals surface area contributed by atoms with Crippen molar-refractivity contribution in [1.82, 2.24) is 4.31 Å². The van der Waals surface area contributed by atoms with Crippen molar-refractivity contribution in [2.45, 2.75) is 25.7 Å². The van der Waals surface area contributed by atoms with Crippen LogP contribution in [0.15, 0.2) is 23.2 Å². The number of halogens is 1. The normalized spacial score (nSPS) is 15.0. The Morgan fingerprint density at radius 3 is 2.70 bits per heavy atom. The van der Waals surface area contributed by atoms with E-state index < -0.39 is 10.0 Å². The van der Waals surface area contributed by atoms with Crippen molar-refractivity contribution in [3.63, 3.8) is 0 Å². The molecule has 0 unspecified atom stereocenters. The van der Waals surface area contributed by atoms with E-state index in [-0.39, 0.29) is 42.2 Å². The predicted molar refractivity (Wildman–Crippen MR) is 106 cm³/mol. The van der Waals surface area contributed by atoms with Crippen LogP contribution in [0, 0.1) is 0 Å². The molecule has 0 heterocycles. The molecule has 1 aliphatic rings. The third-order valence-electron chi connectivity index (χ3n) is 3.85. The number of sulfonamides is 1. The number of aryl methyl sites for hydroxylation is 1. The Kier molecular flexibility index (Phi) is 7.75. The first-order valence-corrected chi connectivity index (χ1v) is 9.09. The first-order chi connectivity index (χ1) is 10.4. The highest BCUT2D eigenvalue weighted by molar-refractivity contribution is 14.0. The van der Waals surface area contributed by atoms with E-state index in [0.717, 1.165) is 18.5 Å². The van der Waals surface area contributed by atoms with E-state index in [1.807, 2.05) is 12.1 Å². The highest BCUT2D eigenvalue weighted by Crippen LogP contribution is 2.27. The minimum Gasteiger partial charge on any atom is -0.370 e. The zero-order valence-corrected chi connectivity index (χ0v) is 16.7. The highest BCUT2D eigenvalue weighted by atomic mass is 127. The Morgan fingerprint density at radius 1 is 1.30 bits per heavy atom. The first kappa shape index (κ1) is 20.2. The molecule has 130 valence electrons. The van der Waals surface area contributed by atoms with Crippen molar-refractivity contribution >= 4 is 45.6 Å². The average molecular weight is 452 g/mol. The van der Waals surface area contributed by atoms with Crippen LogP contribution in [-0.4, -0.2) is 45.1 Å². The average Bonchev–Trinajstić information content (AvgIpc) is 2.47. The molecule has 1 aromatic carbocycles. The number of nitrogens with two attached hydrogens (primary N) is 1. The van der Waals surface area contributed by atoms with Crippen LogP contribution < -0.4 is 11.1 Å². The largest absolute Gasteiger partial charge is 0.370 e. The summed E-state index contributed by atoms with van der Waals surface area (Å²) < 4.78 is 24.5. The summed E-state index contributed by atoms with van der Waals surface area (Å²) in [6, 6.07) is 6.15. The summed E-state index contributed by atoms with van der Waals surface area (Å²) in [5.74, 6) is 0.211. The number of fused-ring (bicyclic) bond motifs is 1. The van der Waals surface area contributed by atoms with E-state index in [9.17, 15) is 8.42 Å². The van der Waals surface area contributed by atoms with Crippen LogP contribution in [0.4, 0.5) is 5.69 Å². The summed E-state index contributed by atoms with van der Waals surface area (Å²) in [6.07, 6.45) is 4.55. The maximum atomic E-state index is 11.7. The predicted octanol–water partition coefficient (Wildman–Crippen LogP) is 1.80. The molecule has 1 aromatic rings. The summed E-state index contributed by atoms with van der Waals surface area (Å²) in [5.41, 5.74) is 9.51. The van der Waals surface area contributed by atoms with Crippen LogP contribution in [0.2, 0.25) is 0 Å². The fraction of sp³-hybridized carbons (Fsp3) is 0.533. The molecule has 0 fully saturated rings. The molecule has 0 atom stereocenters. The van der Waals surface area contributed by atoms with Crippen molar-refractivity contribution < 1.29 is 8.42 Å². The lowest BCUT2D eigenvalue weighted by Crippen LogP contribution is -2.28. The summed E-state index contributed by atoms with van der Waals surface area (Å²) in [5, 5.41) is 3.10. The number of anilines is 1. The Labute approximate surface area is 155 Å². The molecule has 1 aliphatic carbocycles. The van der Waals surface area contributed by atoms with Crippen molar-refractivity contribution in [3.8, 4) is 0 Å². The molecule has 8 heteroatoms. The Balaban J connectivity index is 0.00000264. The molecular weight excluding hydrogens is 427 g/mol. The third-order valence-corrected chi connectivity index (χ3v) is 5.66. The Bertz CT molecular complexity index is 659. The number of hydrogen-bond donors (Lipinski definition) is 2. The second-order valence-corrected chi connectivity index (χ2v) is 7.94. The molecule has 2 rings (SSSR count). The van der Waals surface area contributed by atoms with Crippen LogP contribution in [0.5, 0.6) is 0 Å². The molecule has 23 heavy (non-hydrogen) atoms. The standard InChI is InChI=1S/C15H24N4O2S.HI/c1-19(2)22(20,21)11-10-17-15(16)18-14-9-5-7-12-6-3-4-8-13(12)14;/h5,7,9H,3-4,6,8,10-11H2,1-2H3,(H3,16,17,18);1H. The number of hydrogen-bond acceptors (Lipinski definition) is 3. The summed E-state index contributed by atoms with van der Waals surface area (Å²) in [7, 11) is -0.217. The van der Waals surface area contributed by atoms with Gasteiger partial charge in [-0.15, -0.1) is 24.0 Å². The minimum absolute atomic E-state index is 0. The molecule has 0 aliphatic heterocycles. The van der Waals surface area contributed by atoms with Gasteiger partial charge in [-0.1, -0.05) is 12.1 Å². The Morgan fingerprint density at radius 2 is 2.00 bits per heavy atom. The molecule has 3 N–H and O–H groups in total. The number of guanidine groups is 1. The molecular formula is C15H25IN4O2S. The topological polar surface area (TPSA) is 87.8 Å². The minimum atomic E-state index is -3.24. The van der Waals surface area contributed by atoms with Crippen molar-refractivity contribution in [2.24, 2.45) is 10.7 Å². The summed E-state index contributed by atoms with van der Waals surface area (Å²) >= 11 is 0. The van der Waals surface area contributed by atoms with Crippen molar-refractivity contribution in [2.75, 3.05) is 31.7 Å². The van der Waals surface area contributed by atoms with E-state index in [0.29, 0.717) is 0 Å². The molecule has 0 radical (unpaired) electrons. The van der Waals surface area contributed by atoms with Crippen molar-refractivity contribution in [1.29, 1.82) is 0 Å². The van der Waals surface area contributed by atoms with Gasteiger partial charge in [0.25, 0.3) is 0 Å². The number of aliphatic imine (C=N–C) groups is 1. The van der Waals surface area contributed by atoms with Crippen LogP contribution in [-0.2, 0) is 22.9 Å². The van der Waals surface area contributed by atoms with E-state index in [2.05, 4.69) is 16.4 Å². The van der Waals surface area contributed by atoms with Crippen LogP contribution in [0.3, 0.4) is 0 Å². The summed E-state index contributed by atoms with van der Waals surface area (Å²) in [6.45, 7) is 0.147. The van der Waals surface area contributed by atoms with E-state index in [1.165, 1.54) is 42.4 Å². The van der Waals surface area contributed by atoms with Crippen LogP contribution in [0.25, 0.3) is 0 Å². The molecule has 0 saturated heterocycles. The quantitative estimate of drug-likeness (QED) is 0.405. The number of rotatable bonds is 5. The maximum Gasteiger partial charge on any atom is 0.215 e. The lowest BCUT2D eigenvalue weighted by Gasteiger charge is -2.19. The van der Waals surface area contributed by atoms with E-state index >= 15 is 0 Å². The third kappa shape index (κ3) is 5.61. The van der Waals surface area contributed by atoms with E-state index in [1.54, 1.807) is 0 Å². The number of benzene rings is 1. The van der Waals surface area contributed by atoms with Gasteiger partial charge in [-0.25, -0.2) is 12.7 Å². The molecule has 0 aromatic heterocycles. The first-order valence-electron chi connectivity index (χ1n) is 7.48. The SMILES string of the molecule is CN(C)S(=O)(=O)CCN=C(N)Nc1cccc2c1CCCC2.I. The molecule has 0 amide bonds. The lowest BCUT2D eigenvalue weighted by atomic mass is 9.90. The van der Waals surface area contributed by atoms with Gasteiger partial charge < -0.3 is 11.1 Å². The van der Waals surface area contributed by atoms with Gasteiger partial charge >= 0.3 is 0 Å². The van der Waals surface area contributed by atoms with Crippen molar-refractivity contribution in [3.05, 3.63) is 29.3 Å². The van der Waals surface area contributed by atoms with Crippen LogP contribution >= 0.6 is 24.0 Å². The second-order valence-electron chi connectivity index (χ2n) is 5.64. The molecule has 0 spiro atoms. The molecule has 0 bridgehead atoms. The number of nitrogens with one attached hydrogen (secondary N) is 1. The lowest BCUT2D eigenvalue weighted by molar-refractivity contribution is 0.521. The van der Waals surface area contributed by atoms with Gasteiger partial charge in [0, 0.05) is 19.8 Å². The van der Waals surface area contributed by atoms with Gasteiger partial charge in [0.05, 0.1) is 12.3 Å². The monoisotopic (exact) mass is 452 g/mol. The van der Waals surface area contributed by atoms with Gasteiger partial charge in [0.15, 0.2) is 5.96 Å². The van der Waals surface area contributed by atoms with Gasteiger partial charge in [-0.3, -0.25) is 4.99 Å². The smallest absolute Gasteiger partial charge is 0.215 e. The second kappa shape index (κ2) is 8.84. The number of nitrogens with zero attached hydrogens (tertiary/aromatic N) is 2. The Hall–Kier alpha value is -0.870. The maximum absolute atomic E-state index is 11.7. The zero-order valence-electron chi connectivity index (χ0n) is 13.6. The fourth-order valence-corrected chi connectivity index (χ4v) is 3.23. The van der Waals surface area contributed by atoms with Gasteiger partial charge in [-0.2, -0.15) is 0 Å². The highest BCUT2D eigenvalue weighted by Gasteiger charge is 2.14. The van der Waals surface area contributed by atoms with Crippen LogP contribution in [0.1, 0.15) is 24.0 Å².